The Morgan fingerprint density at radius 3 is 2.11 bits per heavy atom. The molecule has 0 saturated carbocycles. The molecule has 0 aromatic carbocycles. The summed E-state index contributed by atoms with van der Waals surface area (Å²) in [4.78, 5) is 3.83. The molecule has 0 spiro atoms. The van der Waals surface area contributed by atoms with E-state index < -0.39 is 0 Å². The molecule has 0 atom stereocenters. The van der Waals surface area contributed by atoms with Gasteiger partial charge >= 0.3 is 0 Å². The van der Waals surface area contributed by atoms with E-state index in [2.05, 4.69) is 4.98 Å². The van der Waals surface area contributed by atoms with Gasteiger partial charge in [0.15, 0.2) is 0 Å². The summed E-state index contributed by atoms with van der Waals surface area (Å²) in [6.07, 6.45) is 0. The fraction of sp³-hybridized carbons (Fsp3) is 0.500. The van der Waals surface area contributed by atoms with Gasteiger partial charge in [0.1, 0.15) is 5.82 Å². The van der Waals surface area contributed by atoms with Gasteiger partial charge in [0.25, 0.3) is 0 Å². The van der Waals surface area contributed by atoms with Crippen LogP contribution in [0.1, 0.15) is 11.5 Å². The molecule has 1 heterocycles. The zero-order chi connectivity index (χ0) is 7.02. The first kappa shape index (κ1) is 6.13. The Kier molecular flexibility index (Phi) is 1.20. The Labute approximate surface area is 54.0 Å². The Bertz CT molecular complexity index is 205. The maximum atomic E-state index is 8.99. The molecule has 0 saturated heterocycles. The highest BCUT2D eigenvalue weighted by Gasteiger charge is 2.03. The SMILES string of the molecule is Cc1nc(O)c(C)n1C. The Balaban J connectivity index is 3.29. The van der Waals surface area contributed by atoms with E-state index in [9.17, 15) is 0 Å². The number of rotatable bonds is 0. The van der Waals surface area contributed by atoms with E-state index in [-0.39, 0.29) is 5.88 Å². The monoisotopic (exact) mass is 126 g/mol. The van der Waals surface area contributed by atoms with Crippen LogP contribution in [0.25, 0.3) is 0 Å². The maximum absolute atomic E-state index is 8.99. The first-order valence-electron chi connectivity index (χ1n) is 2.82. The normalized spacial score (nSPS) is 10.1. The first-order chi connectivity index (χ1) is 4.13. The molecular weight excluding hydrogens is 116 g/mol. The molecular formula is C6H10N2O. The standard InChI is InChI=1S/C6H10N2O/c1-4-6(9)7-5(2)8(4)3/h9H,1-3H3. The number of aromatic nitrogens is 2. The van der Waals surface area contributed by atoms with Crippen LogP contribution >= 0.6 is 0 Å². The number of imidazole rings is 1. The Morgan fingerprint density at radius 1 is 1.44 bits per heavy atom. The molecule has 0 amide bonds. The van der Waals surface area contributed by atoms with Gasteiger partial charge in [-0.2, -0.15) is 4.98 Å². The molecule has 3 nitrogen and oxygen atoms in total. The molecule has 1 N–H and O–H groups in total. The highest BCUT2D eigenvalue weighted by Crippen LogP contribution is 2.13. The number of hydrogen-bond acceptors (Lipinski definition) is 2. The van der Waals surface area contributed by atoms with Crippen molar-refractivity contribution in [2.24, 2.45) is 7.05 Å². The van der Waals surface area contributed by atoms with Gasteiger partial charge in [0, 0.05) is 7.05 Å². The van der Waals surface area contributed by atoms with E-state index in [1.165, 1.54) is 0 Å². The second kappa shape index (κ2) is 1.76. The Hall–Kier alpha value is -0.990. The van der Waals surface area contributed by atoms with Crippen molar-refractivity contribution in [1.29, 1.82) is 0 Å². The second-order valence-corrected chi connectivity index (χ2v) is 2.13. The largest absolute Gasteiger partial charge is 0.492 e. The van der Waals surface area contributed by atoms with Gasteiger partial charge in [-0.15, -0.1) is 0 Å². The average molecular weight is 126 g/mol. The van der Waals surface area contributed by atoms with Crippen LogP contribution in [0, 0.1) is 13.8 Å². The van der Waals surface area contributed by atoms with Gasteiger partial charge < -0.3 is 9.67 Å². The summed E-state index contributed by atoms with van der Waals surface area (Å²) in [6, 6.07) is 0. The molecule has 1 aromatic rings. The predicted molar refractivity (Wildman–Crippen MR) is 34.3 cm³/mol. The molecule has 0 radical (unpaired) electrons. The molecule has 0 aliphatic carbocycles. The first-order valence-corrected chi connectivity index (χ1v) is 2.82. The van der Waals surface area contributed by atoms with Crippen molar-refractivity contribution >= 4 is 0 Å². The number of hydrogen-bond donors (Lipinski definition) is 1. The maximum Gasteiger partial charge on any atom is 0.232 e. The van der Waals surface area contributed by atoms with Gasteiger partial charge in [0.2, 0.25) is 5.88 Å². The zero-order valence-electron chi connectivity index (χ0n) is 5.84. The van der Waals surface area contributed by atoms with Crippen LogP contribution in [0.2, 0.25) is 0 Å². The van der Waals surface area contributed by atoms with Gasteiger partial charge in [-0.05, 0) is 13.8 Å². The molecule has 1 rings (SSSR count). The number of aromatic hydroxyl groups is 1. The molecule has 0 aliphatic rings. The third-order valence-electron chi connectivity index (χ3n) is 1.58. The van der Waals surface area contributed by atoms with E-state index in [0.717, 1.165) is 11.5 Å². The summed E-state index contributed by atoms with van der Waals surface area (Å²) < 4.78 is 1.84. The molecule has 0 bridgehead atoms. The van der Waals surface area contributed by atoms with Crippen LogP contribution in [0.3, 0.4) is 0 Å². The molecule has 1 aromatic heterocycles. The van der Waals surface area contributed by atoms with Gasteiger partial charge in [-0.25, -0.2) is 0 Å². The second-order valence-electron chi connectivity index (χ2n) is 2.13. The van der Waals surface area contributed by atoms with Crippen molar-refractivity contribution < 1.29 is 5.11 Å². The van der Waals surface area contributed by atoms with Gasteiger partial charge in [-0.1, -0.05) is 0 Å². The lowest BCUT2D eigenvalue weighted by atomic mass is 10.5. The smallest absolute Gasteiger partial charge is 0.232 e. The topological polar surface area (TPSA) is 38.1 Å². The van der Waals surface area contributed by atoms with Crippen molar-refractivity contribution in [2.75, 3.05) is 0 Å². The summed E-state index contributed by atoms with van der Waals surface area (Å²) in [5.74, 6) is 0.972. The summed E-state index contributed by atoms with van der Waals surface area (Å²) in [6.45, 7) is 3.68. The van der Waals surface area contributed by atoms with Crippen LogP contribution in [0.15, 0.2) is 0 Å². The summed E-state index contributed by atoms with van der Waals surface area (Å²) in [5.41, 5.74) is 0.813. The van der Waals surface area contributed by atoms with E-state index >= 15 is 0 Å². The molecule has 0 aliphatic heterocycles. The van der Waals surface area contributed by atoms with E-state index in [1.807, 2.05) is 25.5 Å². The van der Waals surface area contributed by atoms with Crippen LogP contribution < -0.4 is 0 Å². The third-order valence-corrected chi connectivity index (χ3v) is 1.58. The number of nitrogens with zero attached hydrogens (tertiary/aromatic N) is 2. The van der Waals surface area contributed by atoms with Crippen molar-refractivity contribution in [3.8, 4) is 5.88 Å². The summed E-state index contributed by atoms with van der Waals surface area (Å²) in [7, 11) is 1.87. The fourth-order valence-corrected chi connectivity index (χ4v) is 0.702. The minimum Gasteiger partial charge on any atom is -0.492 e. The van der Waals surface area contributed by atoms with Crippen LogP contribution in [0.4, 0.5) is 0 Å². The molecule has 50 valence electrons. The van der Waals surface area contributed by atoms with Crippen molar-refractivity contribution in [3.05, 3.63) is 11.5 Å². The molecule has 0 fully saturated rings. The van der Waals surface area contributed by atoms with Crippen molar-refractivity contribution in [3.63, 3.8) is 0 Å². The molecule has 9 heavy (non-hydrogen) atoms. The van der Waals surface area contributed by atoms with E-state index in [4.69, 9.17) is 5.11 Å². The third kappa shape index (κ3) is 0.781. The lowest BCUT2D eigenvalue weighted by Gasteiger charge is -1.93. The van der Waals surface area contributed by atoms with E-state index in [1.54, 1.807) is 0 Å². The van der Waals surface area contributed by atoms with Crippen molar-refractivity contribution in [2.45, 2.75) is 13.8 Å². The van der Waals surface area contributed by atoms with Crippen LogP contribution in [-0.4, -0.2) is 14.7 Å². The van der Waals surface area contributed by atoms with Gasteiger partial charge in [0.05, 0.1) is 5.69 Å². The average Bonchev–Trinajstić information content (AvgIpc) is 1.98. The minimum atomic E-state index is 0.134. The fourth-order valence-electron chi connectivity index (χ4n) is 0.702. The highest BCUT2D eigenvalue weighted by atomic mass is 16.3. The van der Waals surface area contributed by atoms with Gasteiger partial charge in [-0.3, -0.25) is 0 Å². The zero-order valence-corrected chi connectivity index (χ0v) is 5.84. The molecule has 0 unspecified atom stereocenters. The lowest BCUT2D eigenvalue weighted by Crippen LogP contribution is -1.92. The lowest BCUT2D eigenvalue weighted by molar-refractivity contribution is 0.450. The minimum absolute atomic E-state index is 0.134. The van der Waals surface area contributed by atoms with Crippen LogP contribution in [-0.2, 0) is 7.05 Å². The number of aryl methyl sites for hydroxylation is 1. The quantitative estimate of drug-likeness (QED) is 0.556. The Morgan fingerprint density at radius 2 is 2.00 bits per heavy atom. The van der Waals surface area contributed by atoms with E-state index in [0.29, 0.717) is 0 Å². The summed E-state index contributed by atoms with van der Waals surface area (Å²) in [5, 5.41) is 8.99. The highest BCUT2D eigenvalue weighted by molar-refractivity contribution is 5.18. The molecule has 3 heteroatoms. The van der Waals surface area contributed by atoms with Crippen LogP contribution in [0.5, 0.6) is 5.88 Å². The summed E-state index contributed by atoms with van der Waals surface area (Å²) >= 11 is 0. The predicted octanol–water partition coefficient (Wildman–Crippen LogP) is 0.743. The van der Waals surface area contributed by atoms with Crippen molar-refractivity contribution in [1.82, 2.24) is 9.55 Å².